The molecule has 0 aliphatic heterocycles. The van der Waals surface area contributed by atoms with Crippen molar-refractivity contribution in [1.82, 2.24) is 9.55 Å². The maximum atomic E-state index is 12.3. The lowest BCUT2D eigenvalue weighted by Gasteiger charge is -2.09. The van der Waals surface area contributed by atoms with E-state index < -0.39 is 5.76 Å². The Labute approximate surface area is 118 Å². The van der Waals surface area contributed by atoms with Crippen molar-refractivity contribution in [2.75, 3.05) is 6.26 Å². The fourth-order valence-corrected chi connectivity index (χ4v) is 2.74. The zero-order chi connectivity index (χ0) is 14.1. The van der Waals surface area contributed by atoms with Crippen molar-refractivity contribution in [3.8, 4) is 0 Å². The van der Waals surface area contributed by atoms with E-state index in [0.29, 0.717) is 6.54 Å². The van der Waals surface area contributed by atoms with Gasteiger partial charge in [-0.05, 0) is 24.0 Å². The Bertz CT molecular complexity index is 876. The Morgan fingerprint density at radius 2 is 2.05 bits per heavy atom. The number of nitrogens with zero attached hydrogens (tertiary/aromatic N) is 1. The Balaban J connectivity index is 2.09. The van der Waals surface area contributed by atoms with E-state index >= 15 is 0 Å². The van der Waals surface area contributed by atoms with E-state index in [1.807, 2.05) is 30.5 Å². The molecule has 0 atom stereocenters. The van der Waals surface area contributed by atoms with Crippen molar-refractivity contribution in [1.29, 1.82) is 0 Å². The second-order valence-corrected chi connectivity index (χ2v) is 5.16. The van der Waals surface area contributed by atoms with Gasteiger partial charge in [0.15, 0.2) is 11.1 Å². The standard InChI is InChI=1S/C14H12N2O3S/c1-20-11-5-3-2-4-9(11)8-16-7-6-10-12(13(16)17)15-14(18)19-10/h2-7H,8H2,1H3,(H,15,18). The van der Waals surface area contributed by atoms with Crippen LogP contribution in [0.25, 0.3) is 11.1 Å². The van der Waals surface area contributed by atoms with Crippen LogP contribution in [0.1, 0.15) is 5.56 Å². The summed E-state index contributed by atoms with van der Waals surface area (Å²) < 4.78 is 6.43. The third kappa shape index (κ3) is 2.18. The monoisotopic (exact) mass is 288 g/mol. The predicted octanol–water partition coefficient (Wildman–Crippen LogP) is 2.05. The number of hydrogen-bond acceptors (Lipinski definition) is 4. The van der Waals surface area contributed by atoms with Crippen LogP contribution in [0.3, 0.4) is 0 Å². The van der Waals surface area contributed by atoms with Crippen LogP contribution in [-0.2, 0) is 6.54 Å². The van der Waals surface area contributed by atoms with Crippen molar-refractivity contribution in [2.24, 2.45) is 0 Å². The van der Waals surface area contributed by atoms with Gasteiger partial charge in [-0.25, -0.2) is 4.79 Å². The smallest absolute Gasteiger partial charge is 0.408 e. The summed E-state index contributed by atoms with van der Waals surface area (Å²) in [4.78, 5) is 27.0. The summed E-state index contributed by atoms with van der Waals surface area (Å²) in [6, 6.07) is 9.54. The van der Waals surface area contributed by atoms with Crippen LogP contribution in [0, 0.1) is 0 Å². The number of thioether (sulfide) groups is 1. The van der Waals surface area contributed by atoms with E-state index in [4.69, 9.17) is 4.42 Å². The Hall–Kier alpha value is -2.21. The molecule has 0 saturated heterocycles. The highest BCUT2D eigenvalue weighted by Crippen LogP contribution is 2.20. The van der Waals surface area contributed by atoms with Crippen molar-refractivity contribution < 1.29 is 4.42 Å². The molecule has 0 spiro atoms. The van der Waals surface area contributed by atoms with Crippen LogP contribution in [0.5, 0.6) is 0 Å². The minimum Gasteiger partial charge on any atom is -0.408 e. The van der Waals surface area contributed by atoms with Crippen molar-refractivity contribution >= 4 is 22.9 Å². The van der Waals surface area contributed by atoms with Gasteiger partial charge in [-0.2, -0.15) is 0 Å². The average molecular weight is 288 g/mol. The molecule has 0 aliphatic rings. The number of aromatic nitrogens is 2. The minimum absolute atomic E-state index is 0.208. The first-order valence-corrected chi connectivity index (χ1v) is 7.25. The Morgan fingerprint density at radius 1 is 1.25 bits per heavy atom. The summed E-state index contributed by atoms with van der Waals surface area (Å²) in [6.45, 7) is 0.457. The number of aromatic amines is 1. The van der Waals surface area contributed by atoms with Crippen LogP contribution in [0.2, 0.25) is 0 Å². The molecule has 0 unspecified atom stereocenters. The molecule has 102 valence electrons. The minimum atomic E-state index is -0.612. The Kier molecular flexibility index (Phi) is 3.23. The molecule has 20 heavy (non-hydrogen) atoms. The Morgan fingerprint density at radius 3 is 2.85 bits per heavy atom. The van der Waals surface area contributed by atoms with E-state index in [0.717, 1.165) is 10.5 Å². The van der Waals surface area contributed by atoms with Crippen molar-refractivity contribution in [2.45, 2.75) is 11.4 Å². The van der Waals surface area contributed by atoms with Gasteiger partial charge in [0.2, 0.25) is 0 Å². The number of H-pyrrole nitrogens is 1. The van der Waals surface area contributed by atoms with Crippen LogP contribution in [0.15, 0.2) is 55.4 Å². The van der Waals surface area contributed by atoms with Crippen LogP contribution in [-0.4, -0.2) is 15.8 Å². The summed E-state index contributed by atoms with van der Waals surface area (Å²) >= 11 is 1.64. The number of benzene rings is 1. The molecule has 0 aliphatic carbocycles. The predicted molar refractivity (Wildman–Crippen MR) is 78.4 cm³/mol. The highest BCUT2D eigenvalue weighted by molar-refractivity contribution is 7.98. The molecule has 0 amide bonds. The van der Waals surface area contributed by atoms with Crippen molar-refractivity contribution in [3.63, 3.8) is 0 Å². The van der Waals surface area contributed by atoms with Crippen LogP contribution < -0.4 is 11.3 Å². The van der Waals surface area contributed by atoms with E-state index in [-0.39, 0.29) is 16.7 Å². The van der Waals surface area contributed by atoms with Gasteiger partial charge in [-0.15, -0.1) is 11.8 Å². The molecule has 2 aromatic heterocycles. The van der Waals surface area contributed by atoms with Gasteiger partial charge in [-0.1, -0.05) is 18.2 Å². The normalized spacial score (nSPS) is 11.1. The molecule has 0 radical (unpaired) electrons. The second-order valence-electron chi connectivity index (χ2n) is 4.31. The van der Waals surface area contributed by atoms with E-state index in [1.165, 1.54) is 0 Å². The number of fused-ring (bicyclic) bond motifs is 1. The summed E-state index contributed by atoms with van der Waals surface area (Å²) in [5, 5.41) is 0. The second kappa shape index (κ2) is 5.05. The molecule has 0 fully saturated rings. The van der Waals surface area contributed by atoms with Gasteiger partial charge < -0.3 is 8.98 Å². The number of nitrogens with one attached hydrogen (secondary N) is 1. The average Bonchev–Trinajstić information content (AvgIpc) is 2.84. The quantitative estimate of drug-likeness (QED) is 0.749. The molecule has 1 aromatic carbocycles. The zero-order valence-electron chi connectivity index (χ0n) is 10.8. The molecule has 3 aromatic rings. The molecule has 0 saturated carbocycles. The van der Waals surface area contributed by atoms with Gasteiger partial charge >= 0.3 is 5.76 Å². The number of rotatable bonds is 3. The molecule has 6 heteroatoms. The summed E-state index contributed by atoms with van der Waals surface area (Å²) in [5.74, 6) is -0.612. The third-order valence-electron chi connectivity index (χ3n) is 3.09. The van der Waals surface area contributed by atoms with Crippen LogP contribution >= 0.6 is 11.8 Å². The van der Waals surface area contributed by atoms with Gasteiger partial charge in [0.25, 0.3) is 5.56 Å². The zero-order valence-corrected chi connectivity index (χ0v) is 11.6. The summed E-state index contributed by atoms with van der Waals surface area (Å²) in [7, 11) is 0. The van der Waals surface area contributed by atoms with Crippen LogP contribution in [0.4, 0.5) is 0 Å². The maximum absolute atomic E-state index is 12.3. The molecule has 3 rings (SSSR count). The molecule has 1 N–H and O–H groups in total. The van der Waals surface area contributed by atoms with Gasteiger partial charge in [0.1, 0.15) is 0 Å². The topological polar surface area (TPSA) is 68.0 Å². The number of oxazole rings is 1. The first-order valence-electron chi connectivity index (χ1n) is 6.03. The molecular weight excluding hydrogens is 276 g/mol. The molecule has 0 bridgehead atoms. The first-order chi connectivity index (χ1) is 9.69. The lowest BCUT2D eigenvalue weighted by Crippen LogP contribution is -2.20. The lowest BCUT2D eigenvalue weighted by atomic mass is 10.2. The van der Waals surface area contributed by atoms with Crippen molar-refractivity contribution in [3.05, 3.63) is 63.0 Å². The first kappa shape index (κ1) is 12.8. The highest BCUT2D eigenvalue weighted by Gasteiger charge is 2.09. The van der Waals surface area contributed by atoms with Gasteiger partial charge in [-0.3, -0.25) is 9.78 Å². The highest BCUT2D eigenvalue weighted by atomic mass is 32.2. The fraction of sp³-hybridized carbons (Fsp3) is 0.143. The summed E-state index contributed by atoms with van der Waals surface area (Å²) in [6.07, 6.45) is 3.64. The van der Waals surface area contributed by atoms with E-state index in [9.17, 15) is 9.59 Å². The largest absolute Gasteiger partial charge is 0.417 e. The van der Waals surface area contributed by atoms with E-state index in [2.05, 4.69) is 4.98 Å². The third-order valence-corrected chi connectivity index (χ3v) is 3.93. The van der Waals surface area contributed by atoms with E-state index in [1.54, 1.807) is 28.6 Å². The molecule has 2 heterocycles. The molecular formula is C14H12N2O3S. The SMILES string of the molecule is CSc1ccccc1Cn1ccc2oc(=O)[nH]c2c1=O. The number of hydrogen-bond donors (Lipinski definition) is 1. The molecule has 5 nitrogen and oxygen atoms in total. The lowest BCUT2D eigenvalue weighted by molar-refractivity contribution is 0.555. The maximum Gasteiger partial charge on any atom is 0.417 e. The van der Waals surface area contributed by atoms with Gasteiger partial charge in [0, 0.05) is 11.1 Å². The number of pyridine rings is 1. The summed E-state index contributed by atoms with van der Waals surface area (Å²) in [5.41, 5.74) is 1.30. The fourth-order valence-electron chi connectivity index (χ4n) is 2.13. The van der Waals surface area contributed by atoms with Gasteiger partial charge in [0.05, 0.1) is 6.54 Å².